The van der Waals surface area contributed by atoms with Crippen LogP contribution in [-0.2, 0) is 17.3 Å². The Hall–Kier alpha value is -3.76. The number of carbonyl (C=O) groups is 1. The normalized spacial score (nSPS) is 15.9. The van der Waals surface area contributed by atoms with Crippen molar-refractivity contribution in [1.29, 1.82) is 0 Å². The van der Waals surface area contributed by atoms with Crippen LogP contribution in [0.3, 0.4) is 0 Å². The molecule has 184 valence electrons. The molecule has 4 aromatic heterocycles. The van der Waals surface area contributed by atoms with Gasteiger partial charge in [0.2, 0.25) is 0 Å². The first-order valence-electron chi connectivity index (χ1n) is 11.9. The molecule has 1 aliphatic carbocycles. The van der Waals surface area contributed by atoms with Gasteiger partial charge in [0, 0.05) is 36.7 Å². The molecule has 6 rings (SSSR count). The SMILES string of the molecule is Cn1ccc(-c2cccc(-c3csc(NC(CNC(=O)c4ccn(C5(C)COC5)c4)=C4CC4)n3)n2)n1. The maximum Gasteiger partial charge on any atom is 0.253 e. The Balaban J connectivity index is 1.11. The number of anilines is 1. The van der Waals surface area contributed by atoms with E-state index in [1.807, 2.05) is 61.4 Å². The predicted molar refractivity (Wildman–Crippen MR) is 139 cm³/mol. The number of nitrogens with one attached hydrogen (secondary N) is 2. The average molecular weight is 502 g/mol. The zero-order chi connectivity index (χ0) is 24.7. The molecule has 36 heavy (non-hydrogen) atoms. The van der Waals surface area contributed by atoms with Gasteiger partial charge in [-0.25, -0.2) is 9.97 Å². The molecule has 10 heteroatoms. The topological polar surface area (TPSA) is 98.9 Å². The van der Waals surface area contributed by atoms with Crippen LogP contribution in [0.25, 0.3) is 22.8 Å². The fraction of sp³-hybridized carbons (Fsp3) is 0.308. The summed E-state index contributed by atoms with van der Waals surface area (Å²) in [6, 6.07) is 9.67. The molecule has 1 saturated heterocycles. The monoisotopic (exact) mass is 501 g/mol. The van der Waals surface area contributed by atoms with E-state index in [9.17, 15) is 4.79 Å². The fourth-order valence-corrected chi connectivity index (χ4v) is 4.89. The largest absolute Gasteiger partial charge is 0.376 e. The Kier molecular flexibility index (Phi) is 5.69. The molecular formula is C26H27N7O2S. The van der Waals surface area contributed by atoms with E-state index in [0.717, 1.165) is 46.4 Å². The van der Waals surface area contributed by atoms with Crippen molar-refractivity contribution in [2.45, 2.75) is 25.3 Å². The molecule has 0 atom stereocenters. The number of aromatic nitrogens is 5. The molecule has 4 aromatic rings. The number of ether oxygens (including phenoxy) is 1. The second-order valence-corrected chi connectivity index (χ2v) is 10.4. The molecule has 5 heterocycles. The van der Waals surface area contributed by atoms with Gasteiger partial charge in [0.25, 0.3) is 5.91 Å². The highest BCUT2D eigenvalue weighted by molar-refractivity contribution is 7.14. The van der Waals surface area contributed by atoms with Crippen molar-refractivity contribution >= 4 is 22.4 Å². The Bertz CT molecular complexity index is 1450. The number of hydrogen-bond donors (Lipinski definition) is 2. The quantitative estimate of drug-likeness (QED) is 0.378. The predicted octanol–water partition coefficient (Wildman–Crippen LogP) is 4.04. The summed E-state index contributed by atoms with van der Waals surface area (Å²) >= 11 is 1.53. The Morgan fingerprint density at radius 1 is 1.08 bits per heavy atom. The van der Waals surface area contributed by atoms with Crippen molar-refractivity contribution in [3.63, 3.8) is 0 Å². The molecule has 1 amide bonds. The average Bonchev–Trinajstić information content (AvgIpc) is 3.24. The summed E-state index contributed by atoms with van der Waals surface area (Å²) < 4.78 is 9.17. The van der Waals surface area contributed by atoms with Crippen molar-refractivity contribution in [3.8, 4) is 22.8 Å². The van der Waals surface area contributed by atoms with E-state index in [0.29, 0.717) is 25.3 Å². The molecule has 2 aliphatic rings. The summed E-state index contributed by atoms with van der Waals surface area (Å²) in [6.45, 7) is 3.90. The van der Waals surface area contributed by atoms with Gasteiger partial charge in [-0.05, 0) is 49.6 Å². The van der Waals surface area contributed by atoms with Crippen LogP contribution in [0.4, 0.5) is 5.13 Å². The summed E-state index contributed by atoms with van der Waals surface area (Å²) in [4.78, 5) is 22.3. The molecule has 9 nitrogen and oxygen atoms in total. The van der Waals surface area contributed by atoms with Crippen molar-refractivity contribution in [2.24, 2.45) is 7.05 Å². The minimum absolute atomic E-state index is 0.0598. The summed E-state index contributed by atoms with van der Waals surface area (Å²) in [6.07, 6.45) is 7.83. The van der Waals surface area contributed by atoms with E-state index in [1.54, 1.807) is 4.68 Å². The Labute approximate surface area is 212 Å². The number of allylic oxidation sites excluding steroid dienone is 1. The van der Waals surface area contributed by atoms with Crippen LogP contribution in [0.15, 0.2) is 65.6 Å². The Morgan fingerprint density at radius 3 is 2.58 bits per heavy atom. The number of thiazole rings is 1. The molecule has 1 saturated carbocycles. The standard InChI is InChI=1S/C26H27N7O2S/c1-26(15-35-16-26)33-11-8-18(13-33)24(34)27-12-22(17-6-7-17)29-25-30-23(14-36-25)20-5-3-4-19(28-20)21-9-10-32(2)31-21/h3-5,8-11,13-14H,6-7,12,15-16H2,1-2H3,(H,27,34)(H,29,30). The van der Waals surface area contributed by atoms with E-state index in [1.165, 1.54) is 16.9 Å². The lowest BCUT2D eigenvalue weighted by atomic mass is 10.0. The second-order valence-electron chi connectivity index (χ2n) is 9.51. The third kappa shape index (κ3) is 4.57. The second kappa shape index (κ2) is 9.03. The maximum absolute atomic E-state index is 12.8. The van der Waals surface area contributed by atoms with Crippen LogP contribution in [-0.4, -0.2) is 50.0 Å². The highest BCUT2D eigenvalue weighted by Gasteiger charge is 2.35. The van der Waals surface area contributed by atoms with Crippen molar-refractivity contribution in [1.82, 2.24) is 29.6 Å². The van der Waals surface area contributed by atoms with Crippen molar-refractivity contribution < 1.29 is 9.53 Å². The fourth-order valence-electron chi connectivity index (χ4n) is 4.16. The minimum Gasteiger partial charge on any atom is -0.376 e. The number of carbonyl (C=O) groups excluding carboxylic acids is 1. The highest BCUT2D eigenvalue weighted by atomic mass is 32.1. The molecule has 0 unspecified atom stereocenters. The van der Waals surface area contributed by atoms with Crippen LogP contribution >= 0.6 is 11.3 Å². The van der Waals surface area contributed by atoms with E-state index >= 15 is 0 Å². The lowest BCUT2D eigenvalue weighted by molar-refractivity contribution is -0.0895. The molecular weight excluding hydrogens is 474 g/mol. The lowest BCUT2D eigenvalue weighted by Gasteiger charge is -2.39. The first kappa shape index (κ1) is 22.7. The first-order valence-corrected chi connectivity index (χ1v) is 12.8. The highest BCUT2D eigenvalue weighted by Crippen LogP contribution is 2.33. The van der Waals surface area contributed by atoms with Crippen molar-refractivity contribution in [2.75, 3.05) is 25.1 Å². The van der Waals surface area contributed by atoms with Crippen LogP contribution < -0.4 is 10.6 Å². The number of amides is 1. The molecule has 2 N–H and O–H groups in total. The summed E-state index contributed by atoms with van der Waals surface area (Å²) in [5.74, 6) is -0.0893. The number of rotatable bonds is 8. The summed E-state index contributed by atoms with van der Waals surface area (Å²) in [5, 5.41) is 13.7. The smallest absolute Gasteiger partial charge is 0.253 e. The summed E-state index contributed by atoms with van der Waals surface area (Å²) in [5.41, 5.74) is 6.17. The van der Waals surface area contributed by atoms with E-state index in [4.69, 9.17) is 14.7 Å². The number of nitrogens with zero attached hydrogens (tertiary/aromatic N) is 5. The van der Waals surface area contributed by atoms with Gasteiger partial charge < -0.3 is 19.9 Å². The van der Waals surface area contributed by atoms with Crippen molar-refractivity contribution in [3.05, 3.63) is 71.1 Å². The summed E-state index contributed by atoms with van der Waals surface area (Å²) in [7, 11) is 1.89. The van der Waals surface area contributed by atoms with Gasteiger partial charge in [0.15, 0.2) is 5.13 Å². The molecule has 0 spiro atoms. The zero-order valence-corrected chi connectivity index (χ0v) is 21.0. The zero-order valence-electron chi connectivity index (χ0n) is 20.2. The third-order valence-electron chi connectivity index (χ3n) is 6.51. The van der Waals surface area contributed by atoms with Gasteiger partial charge in [-0.3, -0.25) is 9.48 Å². The molecule has 2 fully saturated rings. The van der Waals surface area contributed by atoms with E-state index < -0.39 is 0 Å². The molecule has 0 radical (unpaired) electrons. The first-order chi connectivity index (χ1) is 17.5. The number of hydrogen-bond acceptors (Lipinski definition) is 7. The van der Waals surface area contributed by atoms with Gasteiger partial charge in [-0.1, -0.05) is 6.07 Å². The number of pyridine rings is 1. The van der Waals surface area contributed by atoms with Crippen LogP contribution in [0.1, 0.15) is 30.1 Å². The van der Waals surface area contributed by atoms with E-state index in [2.05, 4.69) is 27.2 Å². The lowest BCUT2D eigenvalue weighted by Crippen LogP contribution is -2.48. The van der Waals surface area contributed by atoms with Gasteiger partial charge >= 0.3 is 0 Å². The van der Waals surface area contributed by atoms with Crippen LogP contribution in [0.2, 0.25) is 0 Å². The van der Waals surface area contributed by atoms with Gasteiger partial charge in [0.1, 0.15) is 11.4 Å². The van der Waals surface area contributed by atoms with Gasteiger partial charge in [-0.2, -0.15) is 5.10 Å². The number of aryl methyl sites for hydroxylation is 1. The third-order valence-corrected chi connectivity index (χ3v) is 7.26. The van der Waals surface area contributed by atoms with Gasteiger partial charge in [0.05, 0.1) is 42.2 Å². The molecule has 0 aromatic carbocycles. The van der Waals surface area contributed by atoms with E-state index in [-0.39, 0.29) is 11.4 Å². The minimum atomic E-state index is -0.0893. The molecule has 1 aliphatic heterocycles. The Morgan fingerprint density at radius 2 is 1.89 bits per heavy atom. The van der Waals surface area contributed by atoms with Gasteiger partial charge in [-0.15, -0.1) is 11.3 Å². The van der Waals surface area contributed by atoms with Crippen LogP contribution in [0, 0.1) is 0 Å². The van der Waals surface area contributed by atoms with Crippen LogP contribution in [0.5, 0.6) is 0 Å². The molecule has 0 bridgehead atoms. The maximum atomic E-state index is 12.8.